The van der Waals surface area contributed by atoms with Crippen LogP contribution in [0.25, 0.3) is 0 Å². The molecule has 0 aromatic heterocycles. The Balaban J connectivity index is 1.88. The Kier molecular flexibility index (Phi) is 5.67. The van der Waals surface area contributed by atoms with Crippen molar-refractivity contribution in [1.29, 1.82) is 0 Å². The molecule has 1 amide bonds. The van der Waals surface area contributed by atoms with Gasteiger partial charge in [-0.15, -0.1) is 11.8 Å². The average Bonchev–Trinajstić information content (AvgIpc) is 3.29. The zero-order valence-electron chi connectivity index (χ0n) is 12.2. The first-order chi connectivity index (χ1) is 10.1. The molecule has 4 nitrogen and oxygen atoms in total. The zero-order chi connectivity index (χ0) is 15.2. The molecule has 1 atom stereocenters. The molecule has 2 rings (SSSR count). The quantitative estimate of drug-likeness (QED) is 0.801. The molecule has 0 bridgehead atoms. The summed E-state index contributed by atoms with van der Waals surface area (Å²) in [4.78, 5) is 25.4. The van der Waals surface area contributed by atoms with Crippen LogP contribution in [-0.4, -0.2) is 45.5 Å². The monoisotopic (exact) mass is 307 g/mol. The lowest BCUT2D eigenvalue weighted by atomic mass is 10.1. The molecule has 1 N–H and O–H groups in total. The fraction of sp³-hybridized carbons (Fsp3) is 0.500. The number of hydrogen-bond acceptors (Lipinski definition) is 3. The van der Waals surface area contributed by atoms with Crippen LogP contribution < -0.4 is 0 Å². The van der Waals surface area contributed by atoms with Gasteiger partial charge in [-0.25, -0.2) is 0 Å². The molecule has 0 spiro atoms. The summed E-state index contributed by atoms with van der Waals surface area (Å²) < 4.78 is 0. The second kappa shape index (κ2) is 7.50. The average molecular weight is 307 g/mol. The maximum Gasteiger partial charge on any atom is 0.316 e. The number of thioether (sulfide) groups is 1. The number of rotatable bonds is 8. The summed E-state index contributed by atoms with van der Waals surface area (Å²) in [6.45, 7) is 2.68. The normalized spacial score (nSPS) is 15.5. The van der Waals surface area contributed by atoms with Crippen LogP contribution in [-0.2, 0) is 16.0 Å². The third-order valence-corrected chi connectivity index (χ3v) is 4.78. The van der Waals surface area contributed by atoms with E-state index in [1.54, 1.807) is 0 Å². The van der Waals surface area contributed by atoms with Crippen LogP contribution in [0.5, 0.6) is 0 Å². The molecule has 1 aliphatic carbocycles. The van der Waals surface area contributed by atoms with Gasteiger partial charge in [0.2, 0.25) is 5.91 Å². The van der Waals surface area contributed by atoms with E-state index in [1.165, 1.54) is 11.8 Å². The zero-order valence-corrected chi connectivity index (χ0v) is 13.0. The topological polar surface area (TPSA) is 57.6 Å². The minimum atomic E-state index is -0.855. The third kappa shape index (κ3) is 4.77. The molecule has 1 aromatic carbocycles. The highest BCUT2D eigenvalue weighted by atomic mass is 32.2. The van der Waals surface area contributed by atoms with Crippen molar-refractivity contribution in [1.82, 2.24) is 4.90 Å². The second-order valence-electron chi connectivity index (χ2n) is 5.24. The van der Waals surface area contributed by atoms with E-state index >= 15 is 0 Å². The predicted octanol–water partition coefficient (Wildman–Crippen LogP) is 2.43. The molecular formula is C16H21NO3S. The number of carboxylic acid groups (broad SMARTS) is 1. The number of nitrogens with zero attached hydrogens (tertiary/aromatic N) is 1. The van der Waals surface area contributed by atoms with Gasteiger partial charge < -0.3 is 10.0 Å². The van der Waals surface area contributed by atoms with Gasteiger partial charge in [-0.3, -0.25) is 9.59 Å². The van der Waals surface area contributed by atoms with Gasteiger partial charge in [-0.05, 0) is 31.7 Å². The number of aliphatic carboxylic acids is 1. The molecule has 0 heterocycles. The molecule has 1 aliphatic rings. The first-order valence-corrected chi connectivity index (χ1v) is 8.34. The second-order valence-corrected chi connectivity index (χ2v) is 6.43. The molecule has 5 heteroatoms. The standard InChI is InChI=1S/C16H21NO3S/c1-2-17(13-8-9-13)15(18)11-21-14(16(19)20)10-12-6-4-3-5-7-12/h3-7,13-14H,2,8-11H2,1H3,(H,19,20). The van der Waals surface area contributed by atoms with Crippen LogP contribution in [0.15, 0.2) is 30.3 Å². The van der Waals surface area contributed by atoms with Gasteiger partial charge in [0.15, 0.2) is 0 Å². The highest BCUT2D eigenvalue weighted by Crippen LogP contribution is 2.27. The van der Waals surface area contributed by atoms with Crippen LogP contribution in [0.2, 0.25) is 0 Å². The van der Waals surface area contributed by atoms with Crippen molar-refractivity contribution < 1.29 is 14.7 Å². The lowest BCUT2D eigenvalue weighted by Gasteiger charge is -2.21. The molecule has 0 saturated heterocycles. The van der Waals surface area contributed by atoms with E-state index in [1.807, 2.05) is 42.2 Å². The summed E-state index contributed by atoms with van der Waals surface area (Å²) in [7, 11) is 0. The number of amides is 1. The molecule has 1 unspecified atom stereocenters. The van der Waals surface area contributed by atoms with E-state index in [0.29, 0.717) is 19.0 Å². The maximum absolute atomic E-state index is 12.1. The van der Waals surface area contributed by atoms with Gasteiger partial charge in [0.25, 0.3) is 0 Å². The molecule has 0 aliphatic heterocycles. The lowest BCUT2D eigenvalue weighted by molar-refractivity contribution is -0.136. The Labute approximate surface area is 129 Å². The number of carboxylic acids is 1. The molecular weight excluding hydrogens is 286 g/mol. The highest BCUT2D eigenvalue weighted by molar-refractivity contribution is 8.01. The first kappa shape index (κ1) is 15.9. The Hall–Kier alpha value is -1.49. The fourth-order valence-electron chi connectivity index (χ4n) is 2.32. The number of benzene rings is 1. The van der Waals surface area contributed by atoms with E-state index < -0.39 is 11.2 Å². The number of hydrogen-bond donors (Lipinski definition) is 1. The lowest BCUT2D eigenvalue weighted by Crippen LogP contribution is -2.35. The third-order valence-electron chi connectivity index (χ3n) is 3.60. The Morgan fingerprint density at radius 2 is 2.00 bits per heavy atom. The number of carbonyl (C=O) groups excluding carboxylic acids is 1. The smallest absolute Gasteiger partial charge is 0.316 e. The molecule has 1 aromatic rings. The van der Waals surface area contributed by atoms with Crippen LogP contribution in [0.3, 0.4) is 0 Å². The van der Waals surface area contributed by atoms with Crippen molar-refractivity contribution in [2.45, 2.75) is 37.5 Å². The fourth-order valence-corrected chi connectivity index (χ4v) is 3.29. The number of carbonyl (C=O) groups is 2. The van der Waals surface area contributed by atoms with Crippen molar-refractivity contribution >= 4 is 23.6 Å². The Morgan fingerprint density at radius 3 is 2.52 bits per heavy atom. The molecule has 1 saturated carbocycles. The summed E-state index contributed by atoms with van der Waals surface area (Å²) in [5.74, 6) is -0.552. The van der Waals surface area contributed by atoms with Crippen molar-refractivity contribution in [3.8, 4) is 0 Å². The Bertz CT molecular complexity index is 488. The van der Waals surface area contributed by atoms with Crippen molar-refractivity contribution in [3.05, 3.63) is 35.9 Å². The van der Waals surface area contributed by atoms with Gasteiger partial charge in [0.1, 0.15) is 5.25 Å². The van der Waals surface area contributed by atoms with Crippen LogP contribution in [0.4, 0.5) is 0 Å². The minimum absolute atomic E-state index is 0.0595. The highest BCUT2D eigenvalue weighted by Gasteiger charge is 2.31. The van der Waals surface area contributed by atoms with E-state index in [4.69, 9.17) is 0 Å². The van der Waals surface area contributed by atoms with Gasteiger partial charge >= 0.3 is 5.97 Å². The van der Waals surface area contributed by atoms with E-state index in [-0.39, 0.29) is 11.7 Å². The molecule has 1 fully saturated rings. The Morgan fingerprint density at radius 1 is 1.33 bits per heavy atom. The van der Waals surface area contributed by atoms with Crippen molar-refractivity contribution in [2.24, 2.45) is 0 Å². The van der Waals surface area contributed by atoms with Crippen LogP contribution >= 0.6 is 11.8 Å². The van der Waals surface area contributed by atoms with Gasteiger partial charge in [0.05, 0.1) is 5.75 Å². The van der Waals surface area contributed by atoms with E-state index in [0.717, 1.165) is 18.4 Å². The van der Waals surface area contributed by atoms with Crippen LogP contribution in [0.1, 0.15) is 25.3 Å². The summed E-state index contributed by atoms with van der Waals surface area (Å²) in [5, 5.41) is 8.74. The summed E-state index contributed by atoms with van der Waals surface area (Å²) in [6, 6.07) is 9.93. The molecule has 0 radical (unpaired) electrons. The van der Waals surface area contributed by atoms with E-state index in [9.17, 15) is 14.7 Å². The van der Waals surface area contributed by atoms with Gasteiger partial charge in [0, 0.05) is 12.6 Å². The largest absolute Gasteiger partial charge is 0.480 e. The van der Waals surface area contributed by atoms with Crippen LogP contribution in [0, 0.1) is 0 Å². The minimum Gasteiger partial charge on any atom is -0.480 e. The molecule has 114 valence electrons. The van der Waals surface area contributed by atoms with E-state index in [2.05, 4.69) is 0 Å². The SMILES string of the molecule is CCN(C(=O)CSC(Cc1ccccc1)C(=O)O)C1CC1. The molecule has 21 heavy (non-hydrogen) atoms. The first-order valence-electron chi connectivity index (χ1n) is 7.29. The maximum atomic E-state index is 12.1. The summed E-state index contributed by atoms with van der Waals surface area (Å²) in [5.41, 5.74) is 0.986. The van der Waals surface area contributed by atoms with Crippen molar-refractivity contribution in [3.63, 3.8) is 0 Å². The predicted molar refractivity (Wildman–Crippen MR) is 84.4 cm³/mol. The van der Waals surface area contributed by atoms with Gasteiger partial charge in [-0.1, -0.05) is 30.3 Å². The summed E-state index contributed by atoms with van der Waals surface area (Å²) >= 11 is 1.23. The van der Waals surface area contributed by atoms with Crippen molar-refractivity contribution in [2.75, 3.05) is 12.3 Å². The van der Waals surface area contributed by atoms with Gasteiger partial charge in [-0.2, -0.15) is 0 Å². The summed E-state index contributed by atoms with van der Waals surface area (Å²) in [6.07, 6.45) is 2.61.